The average molecular weight is 411 g/mol. The number of carbonyl (C=O) groups is 1. The number of aromatic amines is 1. The Hall–Kier alpha value is -2.82. The van der Waals surface area contributed by atoms with Crippen LogP contribution >= 0.6 is 23.2 Å². The third-order valence-electron chi connectivity index (χ3n) is 4.59. The molecule has 1 heterocycles. The zero-order valence-corrected chi connectivity index (χ0v) is 16.5. The minimum atomic E-state index is -1.03. The molecule has 0 unspecified atom stereocenters. The Morgan fingerprint density at radius 3 is 2.50 bits per heavy atom. The first-order valence-electron chi connectivity index (χ1n) is 8.67. The molecule has 3 aromatic carbocycles. The van der Waals surface area contributed by atoms with E-state index >= 15 is 0 Å². The Morgan fingerprint density at radius 2 is 1.82 bits per heavy atom. The molecule has 0 amide bonds. The number of fused-ring (bicyclic) bond motifs is 1. The van der Waals surface area contributed by atoms with Crippen molar-refractivity contribution in [1.29, 1.82) is 0 Å². The number of nitrogens with zero attached hydrogens (tertiary/aromatic N) is 1. The number of carboxylic acids is 1. The van der Waals surface area contributed by atoms with Gasteiger partial charge in [0.1, 0.15) is 11.3 Å². The van der Waals surface area contributed by atoms with E-state index in [2.05, 4.69) is 9.97 Å². The van der Waals surface area contributed by atoms with E-state index in [0.717, 1.165) is 22.3 Å². The van der Waals surface area contributed by atoms with Gasteiger partial charge < -0.3 is 10.1 Å². The fourth-order valence-electron chi connectivity index (χ4n) is 3.22. The van der Waals surface area contributed by atoms with E-state index in [9.17, 15) is 9.90 Å². The van der Waals surface area contributed by atoms with E-state index in [1.807, 2.05) is 55.5 Å². The van der Waals surface area contributed by atoms with Crippen molar-refractivity contribution >= 4 is 40.2 Å². The smallest absolute Gasteiger partial charge is 0.337 e. The van der Waals surface area contributed by atoms with Crippen LogP contribution in [-0.2, 0) is 6.42 Å². The van der Waals surface area contributed by atoms with Crippen LogP contribution in [0, 0.1) is 6.92 Å². The van der Waals surface area contributed by atoms with Crippen LogP contribution in [0.25, 0.3) is 22.2 Å². The van der Waals surface area contributed by atoms with Crippen LogP contribution in [0.15, 0.2) is 54.6 Å². The van der Waals surface area contributed by atoms with Crippen LogP contribution in [-0.4, -0.2) is 21.0 Å². The average Bonchev–Trinajstić information content (AvgIpc) is 3.05. The summed E-state index contributed by atoms with van der Waals surface area (Å²) in [6.45, 7) is 1.96. The standard InChI is InChI=1S/C22H16Cl2N2O2/c1-12-2-7-16(18(24)8-12)14-10-17(22(27)28)21-19(11-14)25-20(26-21)9-13-3-5-15(23)6-4-13/h2-8,10-11H,9H2,1H3,(H,25,26)(H,27,28). The van der Waals surface area contributed by atoms with E-state index in [4.69, 9.17) is 23.2 Å². The molecule has 0 atom stereocenters. The number of hydrogen-bond donors (Lipinski definition) is 2. The first kappa shape index (κ1) is 18.5. The van der Waals surface area contributed by atoms with Gasteiger partial charge in [0.2, 0.25) is 0 Å². The molecule has 4 nitrogen and oxygen atoms in total. The highest BCUT2D eigenvalue weighted by Crippen LogP contribution is 2.32. The first-order chi connectivity index (χ1) is 13.4. The fourth-order valence-corrected chi connectivity index (χ4v) is 3.69. The number of benzene rings is 3. The molecule has 0 bridgehead atoms. The van der Waals surface area contributed by atoms with Gasteiger partial charge in [-0.25, -0.2) is 9.78 Å². The van der Waals surface area contributed by atoms with E-state index in [1.165, 1.54) is 0 Å². The van der Waals surface area contributed by atoms with Crippen molar-refractivity contribution in [3.05, 3.63) is 87.2 Å². The van der Waals surface area contributed by atoms with Gasteiger partial charge in [0.05, 0.1) is 11.1 Å². The fraction of sp³-hybridized carbons (Fsp3) is 0.0909. The Morgan fingerprint density at radius 1 is 1.07 bits per heavy atom. The Balaban J connectivity index is 1.81. The molecule has 4 rings (SSSR count). The predicted molar refractivity (Wildman–Crippen MR) is 112 cm³/mol. The second-order valence-electron chi connectivity index (χ2n) is 6.70. The van der Waals surface area contributed by atoms with Gasteiger partial charge in [-0.3, -0.25) is 0 Å². The lowest BCUT2D eigenvalue weighted by atomic mass is 10.0. The number of hydrogen-bond acceptors (Lipinski definition) is 2. The number of halogens is 2. The predicted octanol–water partition coefficient (Wildman–Crippen LogP) is 6.13. The number of aryl methyl sites for hydroxylation is 1. The molecule has 1 aromatic heterocycles. The summed E-state index contributed by atoms with van der Waals surface area (Å²) >= 11 is 12.3. The number of rotatable bonds is 4. The molecule has 2 N–H and O–H groups in total. The highest BCUT2D eigenvalue weighted by atomic mass is 35.5. The second kappa shape index (κ2) is 7.30. The third kappa shape index (κ3) is 3.61. The minimum absolute atomic E-state index is 0.141. The molecule has 0 spiro atoms. The van der Waals surface area contributed by atoms with Gasteiger partial charge in [0.15, 0.2) is 0 Å². The number of nitrogens with one attached hydrogen (secondary N) is 1. The van der Waals surface area contributed by atoms with Crippen molar-refractivity contribution < 1.29 is 9.90 Å². The molecule has 0 aliphatic rings. The van der Waals surface area contributed by atoms with Gasteiger partial charge >= 0.3 is 5.97 Å². The van der Waals surface area contributed by atoms with Crippen molar-refractivity contribution in [3.8, 4) is 11.1 Å². The lowest BCUT2D eigenvalue weighted by Gasteiger charge is -2.07. The van der Waals surface area contributed by atoms with Crippen LogP contribution in [0.4, 0.5) is 0 Å². The summed E-state index contributed by atoms with van der Waals surface area (Å²) in [5.74, 6) is -0.341. The molecule has 4 aromatic rings. The molecule has 28 heavy (non-hydrogen) atoms. The molecular weight excluding hydrogens is 395 g/mol. The molecule has 0 saturated heterocycles. The third-order valence-corrected chi connectivity index (χ3v) is 5.15. The number of aromatic carboxylic acids is 1. The topological polar surface area (TPSA) is 66.0 Å². The van der Waals surface area contributed by atoms with Crippen molar-refractivity contribution in [2.45, 2.75) is 13.3 Å². The molecule has 0 saturated carbocycles. The highest BCUT2D eigenvalue weighted by Gasteiger charge is 2.17. The minimum Gasteiger partial charge on any atom is -0.478 e. The van der Waals surface area contributed by atoms with Crippen molar-refractivity contribution in [1.82, 2.24) is 9.97 Å². The summed E-state index contributed by atoms with van der Waals surface area (Å²) in [4.78, 5) is 19.6. The van der Waals surface area contributed by atoms with Gasteiger partial charge in [-0.2, -0.15) is 0 Å². The maximum atomic E-state index is 11.8. The maximum Gasteiger partial charge on any atom is 0.337 e. The molecule has 0 aliphatic heterocycles. The molecule has 140 valence electrons. The molecule has 0 radical (unpaired) electrons. The van der Waals surface area contributed by atoms with Gasteiger partial charge in [0, 0.05) is 22.0 Å². The second-order valence-corrected chi connectivity index (χ2v) is 7.54. The lowest BCUT2D eigenvalue weighted by Crippen LogP contribution is -1.98. The summed E-state index contributed by atoms with van der Waals surface area (Å²) in [6.07, 6.45) is 0.547. The quantitative estimate of drug-likeness (QED) is 0.424. The largest absolute Gasteiger partial charge is 0.478 e. The first-order valence-corrected chi connectivity index (χ1v) is 9.43. The number of aromatic nitrogens is 2. The van der Waals surface area contributed by atoms with Gasteiger partial charge in [0.25, 0.3) is 0 Å². The molecule has 0 aliphatic carbocycles. The summed E-state index contributed by atoms with van der Waals surface area (Å²) in [5, 5.41) is 10.9. The van der Waals surface area contributed by atoms with Gasteiger partial charge in [-0.15, -0.1) is 0 Å². The zero-order valence-electron chi connectivity index (χ0n) is 15.0. The van der Waals surface area contributed by atoms with Gasteiger partial charge in [-0.05, 0) is 53.9 Å². The summed E-state index contributed by atoms with van der Waals surface area (Å²) in [7, 11) is 0. The van der Waals surface area contributed by atoms with E-state index in [1.54, 1.807) is 6.07 Å². The molecule has 0 fully saturated rings. The van der Waals surface area contributed by atoms with E-state index in [-0.39, 0.29) is 5.56 Å². The SMILES string of the molecule is Cc1ccc(-c2cc(C(=O)O)c3nc(Cc4ccc(Cl)cc4)[nH]c3c2)c(Cl)c1. The van der Waals surface area contributed by atoms with Crippen LogP contribution in [0.2, 0.25) is 10.0 Å². The maximum absolute atomic E-state index is 11.8. The van der Waals surface area contributed by atoms with Crippen LogP contribution in [0.5, 0.6) is 0 Å². The summed E-state index contributed by atoms with van der Waals surface area (Å²) in [5.41, 5.74) is 4.83. The Labute approximate surface area is 171 Å². The van der Waals surface area contributed by atoms with Crippen LogP contribution < -0.4 is 0 Å². The Kier molecular flexibility index (Phi) is 4.84. The lowest BCUT2D eigenvalue weighted by molar-refractivity contribution is 0.0699. The summed E-state index contributed by atoms with van der Waals surface area (Å²) in [6, 6.07) is 16.7. The van der Waals surface area contributed by atoms with E-state index < -0.39 is 5.97 Å². The van der Waals surface area contributed by atoms with Crippen LogP contribution in [0.3, 0.4) is 0 Å². The van der Waals surface area contributed by atoms with Gasteiger partial charge in [-0.1, -0.05) is 47.5 Å². The number of H-pyrrole nitrogens is 1. The zero-order chi connectivity index (χ0) is 19.8. The highest BCUT2D eigenvalue weighted by molar-refractivity contribution is 6.33. The number of imidazole rings is 1. The van der Waals surface area contributed by atoms with Crippen LogP contribution in [0.1, 0.15) is 27.3 Å². The van der Waals surface area contributed by atoms with Crippen molar-refractivity contribution in [3.63, 3.8) is 0 Å². The van der Waals surface area contributed by atoms with Crippen molar-refractivity contribution in [2.24, 2.45) is 0 Å². The van der Waals surface area contributed by atoms with Crippen molar-refractivity contribution in [2.75, 3.05) is 0 Å². The monoisotopic (exact) mass is 410 g/mol. The summed E-state index contributed by atoms with van der Waals surface area (Å²) < 4.78 is 0. The molecule has 6 heteroatoms. The Bertz CT molecular complexity index is 1200. The normalized spacial score (nSPS) is 11.1. The van der Waals surface area contributed by atoms with E-state index in [0.29, 0.717) is 33.3 Å². The number of carboxylic acid groups (broad SMARTS) is 1. The molecular formula is C22H16Cl2N2O2.